The first kappa shape index (κ1) is 37.6. The molecule has 0 fully saturated rings. The van der Waals surface area contributed by atoms with Gasteiger partial charge in [0.15, 0.2) is 0 Å². The smallest absolute Gasteiger partial charge is 0.102 e. The zero-order valence-electron chi connectivity index (χ0n) is 35.3. The molecular weight excluding hydrogens is 661 g/mol. The van der Waals surface area contributed by atoms with E-state index in [1.165, 1.54) is 33.4 Å². The van der Waals surface area contributed by atoms with Crippen molar-refractivity contribution in [2.24, 2.45) is 15.0 Å². The fourth-order valence-corrected chi connectivity index (χ4v) is 8.94. The molecule has 0 spiro atoms. The standard InChI is InChI=1S/C48H60N6/c1-31-49-43(4,5)46(10,11)52(31)40-22-16-19-34(28-40)37-25-38(35-20-17-23-41(29-35)53-32(2)50-44(6,7)47(53,12)13)27-39(26-37)36-21-18-24-42(30-36)54-33(3)51-45(8,9)48(54,14)15/h16-30H,1-15H3. The summed E-state index contributed by atoms with van der Waals surface area (Å²) in [6.45, 7) is 33.5. The van der Waals surface area contributed by atoms with Gasteiger partial charge >= 0.3 is 0 Å². The molecule has 282 valence electrons. The van der Waals surface area contributed by atoms with Gasteiger partial charge in [-0.25, -0.2) is 0 Å². The molecule has 3 heterocycles. The Balaban J connectivity index is 1.38. The Hall–Kier alpha value is -4.71. The lowest BCUT2D eigenvalue weighted by Crippen LogP contribution is -2.53. The first-order valence-corrected chi connectivity index (χ1v) is 19.6. The summed E-state index contributed by atoms with van der Waals surface area (Å²) in [5.41, 5.74) is 9.35. The highest BCUT2D eigenvalue weighted by Gasteiger charge is 2.50. The molecule has 3 aliphatic rings. The van der Waals surface area contributed by atoms with Crippen LogP contribution in [0.5, 0.6) is 0 Å². The summed E-state index contributed by atoms with van der Waals surface area (Å²) in [4.78, 5) is 22.5. The Kier molecular flexibility index (Phi) is 8.46. The van der Waals surface area contributed by atoms with Gasteiger partial charge in [-0.2, -0.15) is 0 Å². The second-order valence-corrected chi connectivity index (χ2v) is 18.8. The molecule has 0 aliphatic carbocycles. The van der Waals surface area contributed by atoms with Crippen molar-refractivity contribution in [1.29, 1.82) is 0 Å². The summed E-state index contributed by atoms with van der Waals surface area (Å²) in [6.07, 6.45) is 0. The highest BCUT2D eigenvalue weighted by atomic mass is 15.3. The molecule has 3 aliphatic heterocycles. The summed E-state index contributed by atoms with van der Waals surface area (Å²) in [6, 6.07) is 34.0. The fourth-order valence-electron chi connectivity index (χ4n) is 8.94. The zero-order chi connectivity index (χ0) is 39.4. The second-order valence-electron chi connectivity index (χ2n) is 18.8. The van der Waals surface area contributed by atoms with E-state index >= 15 is 0 Å². The van der Waals surface area contributed by atoms with Crippen LogP contribution in [0.1, 0.15) is 104 Å². The molecule has 0 saturated carbocycles. The number of rotatable bonds is 6. The monoisotopic (exact) mass is 720 g/mol. The normalized spacial score (nSPS) is 21.6. The minimum absolute atomic E-state index is 0.178. The molecule has 4 aromatic rings. The molecule has 4 aromatic carbocycles. The molecular formula is C48H60N6. The predicted octanol–water partition coefficient (Wildman–Crippen LogP) is 12.1. The van der Waals surface area contributed by atoms with Gasteiger partial charge in [0, 0.05) is 17.1 Å². The maximum atomic E-state index is 5.09. The Morgan fingerprint density at radius 3 is 0.778 bits per heavy atom. The number of aliphatic imine (C=N–C) groups is 3. The summed E-state index contributed by atoms with van der Waals surface area (Å²) in [5.74, 6) is 3.14. The van der Waals surface area contributed by atoms with Gasteiger partial charge in [0.2, 0.25) is 0 Å². The molecule has 0 atom stereocenters. The molecule has 0 saturated heterocycles. The molecule has 6 nitrogen and oxygen atoms in total. The van der Waals surface area contributed by atoms with Crippen LogP contribution in [0.25, 0.3) is 33.4 Å². The Bertz CT molecular complexity index is 1980. The Morgan fingerprint density at radius 1 is 0.333 bits per heavy atom. The van der Waals surface area contributed by atoms with Gasteiger partial charge in [-0.15, -0.1) is 0 Å². The van der Waals surface area contributed by atoms with E-state index in [1.807, 2.05) is 0 Å². The number of anilines is 3. The molecule has 7 rings (SSSR count). The van der Waals surface area contributed by atoms with E-state index in [0.717, 1.165) is 34.6 Å². The molecule has 0 aromatic heterocycles. The van der Waals surface area contributed by atoms with Crippen molar-refractivity contribution in [1.82, 2.24) is 0 Å². The van der Waals surface area contributed by atoms with Crippen molar-refractivity contribution in [2.75, 3.05) is 14.7 Å². The van der Waals surface area contributed by atoms with E-state index in [9.17, 15) is 0 Å². The maximum absolute atomic E-state index is 5.09. The van der Waals surface area contributed by atoms with Crippen LogP contribution in [0.4, 0.5) is 17.1 Å². The van der Waals surface area contributed by atoms with E-state index in [4.69, 9.17) is 15.0 Å². The van der Waals surface area contributed by atoms with E-state index in [0.29, 0.717) is 0 Å². The number of benzene rings is 4. The van der Waals surface area contributed by atoms with Crippen LogP contribution in [0.15, 0.2) is 106 Å². The van der Waals surface area contributed by atoms with Gasteiger partial charge in [-0.05, 0) is 192 Å². The number of amidine groups is 3. The van der Waals surface area contributed by atoms with Crippen LogP contribution >= 0.6 is 0 Å². The van der Waals surface area contributed by atoms with Crippen LogP contribution in [0.2, 0.25) is 0 Å². The summed E-state index contributed by atoms with van der Waals surface area (Å²) in [5, 5.41) is 0. The highest BCUT2D eigenvalue weighted by Crippen LogP contribution is 2.45. The minimum Gasteiger partial charge on any atom is -0.322 e. The van der Waals surface area contributed by atoms with E-state index in [-0.39, 0.29) is 33.2 Å². The first-order chi connectivity index (χ1) is 25.0. The van der Waals surface area contributed by atoms with E-state index in [2.05, 4.69) is 210 Å². The Labute approximate surface area is 324 Å². The lowest BCUT2D eigenvalue weighted by molar-refractivity contribution is 0.338. The van der Waals surface area contributed by atoms with Gasteiger partial charge in [0.25, 0.3) is 0 Å². The lowest BCUT2D eigenvalue weighted by Gasteiger charge is -2.41. The average Bonchev–Trinajstić information content (AvgIpc) is 3.44. The molecule has 6 heteroatoms. The summed E-state index contributed by atoms with van der Waals surface area (Å²) < 4.78 is 0. The fraction of sp³-hybridized carbons (Fsp3) is 0.438. The summed E-state index contributed by atoms with van der Waals surface area (Å²) in [7, 11) is 0. The van der Waals surface area contributed by atoms with E-state index < -0.39 is 0 Å². The van der Waals surface area contributed by atoms with Crippen LogP contribution < -0.4 is 14.7 Å². The minimum atomic E-state index is -0.208. The first-order valence-electron chi connectivity index (χ1n) is 19.6. The number of nitrogens with zero attached hydrogens (tertiary/aromatic N) is 6. The van der Waals surface area contributed by atoms with Gasteiger partial charge < -0.3 is 14.7 Å². The third-order valence-electron chi connectivity index (χ3n) is 13.7. The quantitative estimate of drug-likeness (QED) is 0.199. The SMILES string of the molecule is CC1=NC(C)(C)C(C)(C)N1c1cccc(-c2cc(-c3cccc(N4C(C)=NC(C)(C)C4(C)C)c3)cc(-c3cccc(N4C(C)=NC(C)(C)C4(C)C)c3)c2)c1. The third kappa shape index (κ3) is 5.70. The van der Waals surface area contributed by atoms with Crippen molar-refractivity contribution in [2.45, 2.75) is 137 Å². The molecule has 0 bridgehead atoms. The van der Waals surface area contributed by atoms with Crippen LogP contribution in [0.3, 0.4) is 0 Å². The van der Waals surface area contributed by atoms with Crippen molar-refractivity contribution in [3.8, 4) is 33.4 Å². The Morgan fingerprint density at radius 2 is 0.574 bits per heavy atom. The predicted molar refractivity (Wildman–Crippen MR) is 234 cm³/mol. The lowest BCUT2D eigenvalue weighted by atomic mass is 9.82. The van der Waals surface area contributed by atoms with Crippen molar-refractivity contribution in [3.63, 3.8) is 0 Å². The molecule has 0 amide bonds. The molecule has 54 heavy (non-hydrogen) atoms. The third-order valence-corrected chi connectivity index (χ3v) is 13.7. The van der Waals surface area contributed by atoms with Crippen LogP contribution in [-0.4, -0.2) is 50.7 Å². The number of hydrogen-bond donors (Lipinski definition) is 0. The van der Waals surface area contributed by atoms with E-state index in [1.54, 1.807) is 0 Å². The van der Waals surface area contributed by atoms with Gasteiger partial charge in [0.05, 0.1) is 33.2 Å². The van der Waals surface area contributed by atoms with Gasteiger partial charge in [-0.1, -0.05) is 36.4 Å². The van der Waals surface area contributed by atoms with Crippen molar-refractivity contribution in [3.05, 3.63) is 91.0 Å². The molecule has 0 N–H and O–H groups in total. The number of hydrogen-bond acceptors (Lipinski definition) is 6. The van der Waals surface area contributed by atoms with Crippen LogP contribution in [-0.2, 0) is 0 Å². The topological polar surface area (TPSA) is 46.8 Å². The highest BCUT2D eigenvalue weighted by molar-refractivity contribution is 6.03. The van der Waals surface area contributed by atoms with Gasteiger partial charge in [-0.3, -0.25) is 15.0 Å². The summed E-state index contributed by atoms with van der Waals surface area (Å²) >= 11 is 0. The second kappa shape index (κ2) is 12.1. The molecule has 0 unspecified atom stereocenters. The van der Waals surface area contributed by atoms with Gasteiger partial charge in [0.1, 0.15) is 17.5 Å². The van der Waals surface area contributed by atoms with Crippen LogP contribution in [0, 0.1) is 0 Å². The zero-order valence-corrected chi connectivity index (χ0v) is 35.3. The largest absolute Gasteiger partial charge is 0.322 e. The average molecular weight is 721 g/mol. The van der Waals surface area contributed by atoms with Crippen molar-refractivity contribution < 1.29 is 0 Å². The molecule has 0 radical (unpaired) electrons. The van der Waals surface area contributed by atoms with Crippen molar-refractivity contribution >= 4 is 34.6 Å². The maximum Gasteiger partial charge on any atom is 0.102 e.